The summed E-state index contributed by atoms with van der Waals surface area (Å²) in [6, 6.07) is 4.68. The molecule has 6 nitrogen and oxygen atoms in total. The van der Waals surface area contributed by atoms with Crippen molar-refractivity contribution in [3.63, 3.8) is 0 Å². The molecule has 1 aromatic carbocycles. The van der Waals surface area contributed by atoms with E-state index in [0.29, 0.717) is 17.3 Å². The summed E-state index contributed by atoms with van der Waals surface area (Å²) >= 11 is 1.22. The summed E-state index contributed by atoms with van der Waals surface area (Å²) in [7, 11) is -3.22. The predicted octanol–water partition coefficient (Wildman–Crippen LogP) is 2.99. The van der Waals surface area contributed by atoms with Crippen LogP contribution in [0.4, 0.5) is 18.9 Å². The van der Waals surface area contributed by atoms with Gasteiger partial charge in [0, 0.05) is 17.4 Å². The minimum Gasteiger partial charge on any atom is -0.406 e. The number of ether oxygens (including phenoxy) is 1. The van der Waals surface area contributed by atoms with Crippen LogP contribution in [0.15, 0.2) is 29.3 Å². The molecule has 2 heterocycles. The Labute approximate surface area is 158 Å². The van der Waals surface area contributed by atoms with Crippen LogP contribution in [-0.4, -0.2) is 48.7 Å². The largest absolute Gasteiger partial charge is 0.573 e. The molecular weight excluding hydrogens is 405 g/mol. The SMILES string of the molecule is CCCC(=O)N=C1S[C@H]2CS(=O)(=O)C[C@@H]2N1c1ccc(OC(F)(F)F)cc1. The number of hydrogen-bond donors (Lipinski definition) is 0. The molecule has 11 heteroatoms. The Hall–Kier alpha value is -1.75. The molecule has 1 aromatic rings. The number of carbonyl (C=O) groups is 1. The van der Waals surface area contributed by atoms with Gasteiger partial charge in [-0.3, -0.25) is 4.79 Å². The summed E-state index contributed by atoms with van der Waals surface area (Å²) in [5, 5.41) is 0.108. The van der Waals surface area contributed by atoms with Gasteiger partial charge in [-0.05, 0) is 30.7 Å². The molecule has 0 aliphatic carbocycles. The number of benzene rings is 1. The first-order chi connectivity index (χ1) is 12.6. The van der Waals surface area contributed by atoms with Gasteiger partial charge in [0.25, 0.3) is 0 Å². The molecule has 2 aliphatic rings. The number of halogens is 3. The lowest BCUT2D eigenvalue weighted by Gasteiger charge is -2.24. The number of aliphatic imine (C=N–C) groups is 1. The van der Waals surface area contributed by atoms with Gasteiger partial charge in [0.2, 0.25) is 5.91 Å². The van der Waals surface area contributed by atoms with Gasteiger partial charge < -0.3 is 9.64 Å². The van der Waals surface area contributed by atoms with Gasteiger partial charge in [0.1, 0.15) is 5.75 Å². The van der Waals surface area contributed by atoms with Gasteiger partial charge in [0.15, 0.2) is 15.0 Å². The minimum atomic E-state index is -4.80. The second-order valence-corrected chi connectivity index (χ2v) is 9.61. The van der Waals surface area contributed by atoms with E-state index in [2.05, 4.69) is 9.73 Å². The molecule has 3 rings (SSSR count). The van der Waals surface area contributed by atoms with Crippen LogP contribution in [0.2, 0.25) is 0 Å². The van der Waals surface area contributed by atoms with Gasteiger partial charge in [-0.15, -0.1) is 13.2 Å². The fourth-order valence-electron chi connectivity index (χ4n) is 3.05. The molecule has 0 N–H and O–H groups in total. The van der Waals surface area contributed by atoms with Gasteiger partial charge in [0.05, 0.1) is 17.5 Å². The minimum absolute atomic E-state index is 0.0188. The number of carbonyl (C=O) groups excluding carboxylic acids is 1. The standard InChI is InChI=1S/C16H17F3N2O4S2/c1-2-3-14(22)20-15-21(12-8-27(23,24)9-13(12)26-15)10-4-6-11(7-5-10)25-16(17,18)19/h4-7,12-13H,2-3,8-9H2,1H3/t12-,13-/m0/s1. The van der Waals surface area contributed by atoms with Gasteiger partial charge in [-0.1, -0.05) is 18.7 Å². The molecular formula is C16H17F3N2O4S2. The number of amides is 1. The van der Waals surface area contributed by atoms with Crippen LogP contribution in [0.3, 0.4) is 0 Å². The number of nitrogens with zero attached hydrogens (tertiary/aromatic N) is 2. The normalized spacial score (nSPS) is 25.6. The Morgan fingerprint density at radius 1 is 1.30 bits per heavy atom. The van der Waals surface area contributed by atoms with Crippen molar-refractivity contribution in [2.75, 3.05) is 16.4 Å². The first kappa shape index (κ1) is 20.0. The molecule has 0 unspecified atom stereocenters. The Kier molecular flexibility index (Phi) is 5.44. The summed E-state index contributed by atoms with van der Waals surface area (Å²) < 4.78 is 64.8. The smallest absolute Gasteiger partial charge is 0.406 e. The Morgan fingerprint density at radius 2 is 1.96 bits per heavy atom. The highest BCUT2D eigenvalue weighted by Gasteiger charge is 2.49. The number of alkyl halides is 3. The third kappa shape index (κ3) is 4.75. The molecule has 2 fully saturated rings. The summed E-state index contributed by atoms with van der Waals surface area (Å²) in [6.45, 7) is 1.85. The van der Waals surface area contributed by atoms with E-state index in [1.807, 2.05) is 6.92 Å². The molecule has 2 atom stereocenters. The molecule has 2 saturated heterocycles. The maximum absolute atomic E-state index is 12.3. The van der Waals surface area contributed by atoms with Crippen molar-refractivity contribution in [1.29, 1.82) is 0 Å². The molecule has 2 aliphatic heterocycles. The maximum Gasteiger partial charge on any atom is 0.573 e. The van der Waals surface area contributed by atoms with Crippen LogP contribution in [0, 0.1) is 0 Å². The first-order valence-electron chi connectivity index (χ1n) is 8.21. The van der Waals surface area contributed by atoms with Gasteiger partial charge >= 0.3 is 6.36 Å². The Morgan fingerprint density at radius 3 is 2.56 bits per heavy atom. The molecule has 27 heavy (non-hydrogen) atoms. The van der Waals surface area contributed by atoms with Crippen LogP contribution >= 0.6 is 11.8 Å². The van der Waals surface area contributed by atoms with E-state index in [-0.39, 0.29) is 34.8 Å². The number of thioether (sulfide) groups is 1. The molecule has 0 radical (unpaired) electrons. The van der Waals surface area contributed by atoms with E-state index in [0.717, 1.165) is 12.1 Å². The van der Waals surface area contributed by atoms with Gasteiger partial charge in [-0.25, -0.2) is 8.42 Å². The van der Waals surface area contributed by atoms with Crippen LogP contribution in [0.5, 0.6) is 5.75 Å². The van der Waals surface area contributed by atoms with Crippen LogP contribution in [-0.2, 0) is 14.6 Å². The zero-order chi connectivity index (χ0) is 19.8. The number of sulfone groups is 1. The molecule has 0 spiro atoms. The first-order valence-corrected chi connectivity index (χ1v) is 10.9. The molecule has 0 aromatic heterocycles. The lowest BCUT2D eigenvalue weighted by Crippen LogP contribution is -2.37. The number of fused-ring (bicyclic) bond motifs is 1. The predicted molar refractivity (Wildman–Crippen MR) is 96.8 cm³/mol. The highest BCUT2D eigenvalue weighted by atomic mass is 32.2. The number of anilines is 1. The summed E-state index contributed by atoms with van der Waals surface area (Å²) in [6.07, 6.45) is -3.90. The van der Waals surface area contributed by atoms with Crippen molar-refractivity contribution in [2.24, 2.45) is 4.99 Å². The average Bonchev–Trinajstić information content (AvgIpc) is 2.98. The maximum atomic E-state index is 12.3. The lowest BCUT2D eigenvalue weighted by molar-refractivity contribution is -0.274. The number of rotatable bonds is 4. The number of hydrogen-bond acceptors (Lipinski definition) is 5. The summed E-state index contributed by atoms with van der Waals surface area (Å²) in [5.74, 6) is -0.805. The van der Waals surface area contributed by atoms with E-state index >= 15 is 0 Å². The van der Waals surface area contributed by atoms with Crippen molar-refractivity contribution in [2.45, 2.75) is 37.4 Å². The van der Waals surface area contributed by atoms with E-state index in [4.69, 9.17) is 0 Å². The van der Waals surface area contributed by atoms with Crippen LogP contribution in [0.1, 0.15) is 19.8 Å². The molecule has 0 saturated carbocycles. The summed E-state index contributed by atoms with van der Waals surface area (Å²) in [4.78, 5) is 17.7. The van der Waals surface area contributed by atoms with Gasteiger partial charge in [-0.2, -0.15) is 4.99 Å². The van der Waals surface area contributed by atoms with Crippen molar-refractivity contribution < 1.29 is 31.1 Å². The van der Waals surface area contributed by atoms with Crippen LogP contribution < -0.4 is 9.64 Å². The fraction of sp³-hybridized carbons (Fsp3) is 0.500. The lowest BCUT2D eigenvalue weighted by atomic mass is 10.2. The highest BCUT2D eigenvalue weighted by molar-refractivity contribution is 8.16. The quantitative estimate of drug-likeness (QED) is 0.743. The van der Waals surface area contributed by atoms with Crippen molar-refractivity contribution >= 4 is 38.4 Å². The molecule has 0 bridgehead atoms. The fourth-order valence-corrected chi connectivity index (χ4v) is 6.98. The van der Waals surface area contributed by atoms with Crippen molar-refractivity contribution in [3.05, 3.63) is 24.3 Å². The number of amidine groups is 1. The average molecular weight is 422 g/mol. The zero-order valence-electron chi connectivity index (χ0n) is 14.3. The van der Waals surface area contributed by atoms with E-state index < -0.39 is 22.2 Å². The Bertz CT molecular complexity index is 853. The second-order valence-electron chi connectivity index (χ2n) is 6.25. The van der Waals surface area contributed by atoms with E-state index in [1.54, 1.807) is 4.90 Å². The third-order valence-electron chi connectivity index (χ3n) is 4.10. The summed E-state index contributed by atoms with van der Waals surface area (Å²) in [5.41, 5.74) is 0.463. The second kappa shape index (κ2) is 7.34. The van der Waals surface area contributed by atoms with Crippen molar-refractivity contribution in [3.8, 4) is 5.75 Å². The monoisotopic (exact) mass is 422 g/mol. The zero-order valence-corrected chi connectivity index (χ0v) is 15.9. The Balaban J connectivity index is 1.91. The van der Waals surface area contributed by atoms with E-state index in [9.17, 15) is 26.4 Å². The molecule has 148 valence electrons. The van der Waals surface area contributed by atoms with Crippen LogP contribution in [0.25, 0.3) is 0 Å². The third-order valence-corrected chi connectivity index (χ3v) is 7.31. The van der Waals surface area contributed by atoms with Crippen molar-refractivity contribution in [1.82, 2.24) is 0 Å². The topological polar surface area (TPSA) is 76.0 Å². The molecule has 1 amide bonds. The van der Waals surface area contributed by atoms with E-state index in [1.165, 1.54) is 23.9 Å². The highest BCUT2D eigenvalue weighted by Crippen LogP contribution is 2.41.